The predicted molar refractivity (Wildman–Crippen MR) is 68.4 cm³/mol. The summed E-state index contributed by atoms with van der Waals surface area (Å²) in [5, 5.41) is 0.526. The molecule has 18 heavy (non-hydrogen) atoms. The van der Waals surface area contributed by atoms with Crippen LogP contribution < -0.4 is 0 Å². The van der Waals surface area contributed by atoms with Crippen LogP contribution in [0, 0.1) is 12.7 Å². The Labute approximate surface area is 109 Å². The van der Waals surface area contributed by atoms with E-state index in [1.54, 1.807) is 12.1 Å². The molecule has 2 aromatic rings. The van der Waals surface area contributed by atoms with Gasteiger partial charge in [0.1, 0.15) is 0 Å². The van der Waals surface area contributed by atoms with Gasteiger partial charge < -0.3 is 0 Å². The van der Waals surface area contributed by atoms with Gasteiger partial charge in [0.25, 0.3) is 0 Å². The highest BCUT2D eigenvalue weighted by molar-refractivity contribution is 6.31. The Kier molecular flexibility index (Phi) is 3.72. The highest BCUT2D eigenvalue weighted by atomic mass is 35.5. The number of pyridine rings is 1. The number of benzene rings is 1. The topological polar surface area (TPSA) is 30.0 Å². The first-order chi connectivity index (χ1) is 8.58. The highest BCUT2D eigenvalue weighted by Crippen LogP contribution is 2.20. The zero-order valence-electron chi connectivity index (χ0n) is 9.78. The van der Waals surface area contributed by atoms with E-state index in [2.05, 4.69) is 4.98 Å². The Morgan fingerprint density at radius 2 is 2.17 bits per heavy atom. The molecule has 0 unspecified atom stereocenters. The van der Waals surface area contributed by atoms with Gasteiger partial charge in [0.2, 0.25) is 0 Å². The van der Waals surface area contributed by atoms with Crippen LogP contribution in [0.25, 0.3) is 0 Å². The van der Waals surface area contributed by atoms with E-state index in [1.807, 2.05) is 13.0 Å². The third-order valence-corrected chi connectivity index (χ3v) is 2.98. The fourth-order valence-corrected chi connectivity index (χ4v) is 1.97. The summed E-state index contributed by atoms with van der Waals surface area (Å²) in [4.78, 5) is 15.6. The van der Waals surface area contributed by atoms with Gasteiger partial charge in [-0.15, -0.1) is 0 Å². The van der Waals surface area contributed by atoms with Gasteiger partial charge in [-0.2, -0.15) is 0 Å². The first-order valence-corrected chi connectivity index (χ1v) is 5.83. The Hall–Kier alpha value is -1.74. The Bertz CT molecular complexity index is 598. The van der Waals surface area contributed by atoms with E-state index in [0.29, 0.717) is 10.6 Å². The maximum Gasteiger partial charge on any atom is 0.170 e. The lowest BCUT2D eigenvalue weighted by Gasteiger charge is -2.05. The number of carbonyl (C=O) groups excluding carboxylic acids is 1. The van der Waals surface area contributed by atoms with Gasteiger partial charge in [-0.05, 0) is 30.2 Å². The van der Waals surface area contributed by atoms with Crippen molar-refractivity contribution in [2.75, 3.05) is 0 Å². The van der Waals surface area contributed by atoms with E-state index in [9.17, 15) is 9.18 Å². The molecule has 0 saturated carbocycles. The molecule has 0 aliphatic rings. The molecule has 92 valence electrons. The molecule has 0 bridgehead atoms. The standard InChI is InChI=1S/C14H11ClFNO/c1-9-2-3-10(12(15)6-9)7-14(18)11-4-5-17-8-13(11)16/h2-6,8H,7H2,1H3. The van der Waals surface area contributed by atoms with Gasteiger partial charge in [-0.25, -0.2) is 4.39 Å². The smallest absolute Gasteiger partial charge is 0.170 e. The second-order valence-electron chi connectivity index (χ2n) is 4.05. The third kappa shape index (κ3) is 2.74. The van der Waals surface area contributed by atoms with Gasteiger partial charge in [0, 0.05) is 17.6 Å². The average molecular weight is 264 g/mol. The summed E-state index contributed by atoms with van der Waals surface area (Å²) < 4.78 is 13.4. The lowest BCUT2D eigenvalue weighted by Crippen LogP contribution is -2.07. The molecule has 0 spiro atoms. The fourth-order valence-electron chi connectivity index (χ4n) is 1.67. The third-order valence-electron chi connectivity index (χ3n) is 2.63. The van der Waals surface area contributed by atoms with Gasteiger partial charge >= 0.3 is 0 Å². The maximum absolute atomic E-state index is 13.4. The summed E-state index contributed by atoms with van der Waals surface area (Å²) in [6.45, 7) is 1.92. The minimum absolute atomic E-state index is 0.0432. The van der Waals surface area contributed by atoms with Crippen molar-refractivity contribution < 1.29 is 9.18 Å². The Balaban J connectivity index is 2.24. The molecule has 0 radical (unpaired) electrons. The number of aryl methyl sites for hydroxylation is 1. The second-order valence-corrected chi connectivity index (χ2v) is 4.46. The molecule has 2 rings (SSSR count). The van der Waals surface area contributed by atoms with Crippen LogP contribution in [0.4, 0.5) is 4.39 Å². The van der Waals surface area contributed by atoms with E-state index in [0.717, 1.165) is 11.8 Å². The van der Waals surface area contributed by atoms with Crippen molar-refractivity contribution in [3.8, 4) is 0 Å². The van der Waals surface area contributed by atoms with Gasteiger partial charge in [-0.3, -0.25) is 9.78 Å². The van der Waals surface area contributed by atoms with Crippen molar-refractivity contribution in [2.45, 2.75) is 13.3 Å². The largest absolute Gasteiger partial charge is 0.294 e. The summed E-state index contributed by atoms with van der Waals surface area (Å²) in [6.07, 6.45) is 2.51. The van der Waals surface area contributed by atoms with Crippen LogP contribution in [0.1, 0.15) is 21.5 Å². The van der Waals surface area contributed by atoms with Crippen molar-refractivity contribution >= 4 is 17.4 Å². The number of hydrogen-bond acceptors (Lipinski definition) is 2. The number of carbonyl (C=O) groups is 1. The van der Waals surface area contributed by atoms with Crippen LogP contribution in [0.5, 0.6) is 0 Å². The molecule has 1 aromatic heterocycles. The molecule has 0 aliphatic carbocycles. The molecule has 0 aliphatic heterocycles. The molecule has 2 nitrogen and oxygen atoms in total. The normalized spacial score (nSPS) is 10.4. The van der Waals surface area contributed by atoms with Crippen LogP contribution in [0.2, 0.25) is 5.02 Å². The van der Waals surface area contributed by atoms with Crippen molar-refractivity contribution in [2.24, 2.45) is 0 Å². The molecule has 0 atom stereocenters. The van der Waals surface area contributed by atoms with Gasteiger partial charge in [0.05, 0.1) is 11.8 Å². The molecule has 1 aromatic carbocycles. The Morgan fingerprint density at radius 3 is 2.83 bits per heavy atom. The summed E-state index contributed by atoms with van der Waals surface area (Å²) in [7, 11) is 0. The Morgan fingerprint density at radius 1 is 1.39 bits per heavy atom. The van der Waals surface area contributed by atoms with E-state index in [4.69, 9.17) is 11.6 Å². The summed E-state index contributed by atoms with van der Waals surface area (Å²) in [6, 6.07) is 6.82. The van der Waals surface area contributed by atoms with Crippen molar-refractivity contribution in [3.63, 3.8) is 0 Å². The monoisotopic (exact) mass is 263 g/mol. The SMILES string of the molecule is Cc1ccc(CC(=O)c2ccncc2F)c(Cl)c1. The molecular weight excluding hydrogens is 253 g/mol. The molecule has 0 N–H and O–H groups in total. The number of Topliss-reactive ketones (excluding diaryl/α,β-unsaturated/α-hetero) is 1. The van der Waals surface area contributed by atoms with Crippen molar-refractivity contribution in [1.82, 2.24) is 4.98 Å². The molecule has 1 heterocycles. The van der Waals surface area contributed by atoms with E-state index in [-0.39, 0.29) is 17.8 Å². The number of aromatic nitrogens is 1. The fraction of sp³-hybridized carbons (Fsp3) is 0.143. The number of rotatable bonds is 3. The first kappa shape index (κ1) is 12.7. The molecular formula is C14H11ClFNO. The van der Waals surface area contributed by atoms with Crippen LogP contribution in [0.15, 0.2) is 36.7 Å². The lowest BCUT2D eigenvalue weighted by atomic mass is 10.0. The minimum atomic E-state index is -0.606. The van der Waals surface area contributed by atoms with Crippen molar-refractivity contribution in [3.05, 3.63) is 64.2 Å². The average Bonchev–Trinajstić information content (AvgIpc) is 2.33. The summed E-state index contributed by atoms with van der Waals surface area (Å²) in [5.74, 6) is -0.911. The summed E-state index contributed by atoms with van der Waals surface area (Å²) >= 11 is 6.04. The number of nitrogens with zero attached hydrogens (tertiary/aromatic N) is 1. The van der Waals surface area contributed by atoms with Crippen LogP contribution in [-0.2, 0) is 6.42 Å². The van der Waals surface area contributed by atoms with E-state index in [1.165, 1.54) is 12.3 Å². The highest BCUT2D eigenvalue weighted by Gasteiger charge is 2.13. The van der Waals surface area contributed by atoms with Crippen molar-refractivity contribution in [1.29, 1.82) is 0 Å². The number of hydrogen-bond donors (Lipinski definition) is 0. The maximum atomic E-state index is 13.4. The molecule has 0 fully saturated rings. The summed E-state index contributed by atoms with van der Waals surface area (Å²) in [5.41, 5.74) is 1.76. The quantitative estimate of drug-likeness (QED) is 0.792. The number of halogens is 2. The zero-order chi connectivity index (χ0) is 13.1. The van der Waals surface area contributed by atoms with E-state index >= 15 is 0 Å². The molecule has 0 amide bonds. The predicted octanol–water partition coefficient (Wildman–Crippen LogP) is 3.61. The molecule has 0 saturated heterocycles. The van der Waals surface area contributed by atoms with Crippen LogP contribution in [0.3, 0.4) is 0 Å². The molecule has 4 heteroatoms. The lowest BCUT2D eigenvalue weighted by molar-refractivity contribution is 0.0989. The zero-order valence-corrected chi connectivity index (χ0v) is 10.5. The number of ketones is 1. The minimum Gasteiger partial charge on any atom is -0.294 e. The van der Waals surface area contributed by atoms with Gasteiger partial charge in [-0.1, -0.05) is 23.7 Å². The van der Waals surface area contributed by atoms with Gasteiger partial charge in [0.15, 0.2) is 11.6 Å². The van der Waals surface area contributed by atoms with Crippen LogP contribution in [-0.4, -0.2) is 10.8 Å². The van der Waals surface area contributed by atoms with Crippen LogP contribution >= 0.6 is 11.6 Å². The van der Waals surface area contributed by atoms with E-state index < -0.39 is 5.82 Å². The second kappa shape index (κ2) is 5.27. The first-order valence-electron chi connectivity index (χ1n) is 5.45.